The number of nitrogens with zero attached hydrogens (tertiary/aromatic N) is 3. The number of ether oxygens (including phenoxy) is 3. The standard InChI is InChI=1S/C22H26N4O5/c1-29-12-22(13-30-2)21(28)20(16-9-15(10-23)5-6-17(16)31-22)24-18-7-8-19(27)26(25-18)11-14-3-4-14/h5-9,14,20-21,28H,3-4,11-13H2,1-2H3,(H,24,25)/t20-,21+/m1/s1. The van der Waals surface area contributed by atoms with Crippen molar-refractivity contribution in [2.75, 3.05) is 32.8 Å². The maximum atomic E-state index is 12.2. The molecular formula is C22H26N4O5. The number of anilines is 1. The van der Waals surface area contributed by atoms with Gasteiger partial charge in [-0.05, 0) is 43.0 Å². The summed E-state index contributed by atoms with van der Waals surface area (Å²) in [7, 11) is 3.05. The molecule has 0 unspecified atom stereocenters. The van der Waals surface area contributed by atoms with E-state index in [9.17, 15) is 15.2 Å². The highest BCUT2D eigenvalue weighted by atomic mass is 16.6. The minimum absolute atomic E-state index is 0.0915. The van der Waals surface area contributed by atoms with Crippen LogP contribution >= 0.6 is 0 Å². The summed E-state index contributed by atoms with van der Waals surface area (Å²) in [6.45, 7) is 0.764. The van der Waals surface area contributed by atoms with Crippen LogP contribution in [0, 0.1) is 17.2 Å². The van der Waals surface area contributed by atoms with Crippen molar-refractivity contribution in [3.05, 3.63) is 51.8 Å². The molecule has 2 atom stereocenters. The van der Waals surface area contributed by atoms with Gasteiger partial charge in [0.1, 0.15) is 17.7 Å². The molecule has 1 aliphatic heterocycles. The molecule has 1 fully saturated rings. The molecule has 164 valence electrons. The number of aliphatic hydroxyl groups is 1. The number of aromatic nitrogens is 2. The molecule has 1 aliphatic carbocycles. The second-order valence-electron chi connectivity index (χ2n) is 8.15. The van der Waals surface area contributed by atoms with Gasteiger partial charge in [-0.3, -0.25) is 4.79 Å². The fourth-order valence-electron chi connectivity index (χ4n) is 3.98. The van der Waals surface area contributed by atoms with Gasteiger partial charge in [0.2, 0.25) is 0 Å². The van der Waals surface area contributed by atoms with Crippen LogP contribution in [0.4, 0.5) is 5.82 Å². The van der Waals surface area contributed by atoms with Crippen LogP contribution < -0.4 is 15.6 Å². The van der Waals surface area contributed by atoms with Gasteiger partial charge >= 0.3 is 0 Å². The number of rotatable bonds is 8. The first kappa shape index (κ1) is 21.3. The van der Waals surface area contributed by atoms with Crippen LogP contribution in [-0.4, -0.2) is 54.0 Å². The molecule has 2 N–H and O–H groups in total. The first-order valence-corrected chi connectivity index (χ1v) is 10.2. The lowest BCUT2D eigenvalue weighted by Gasteiger charge is -2.45. The van der Waals surface area contributed by atoms with Crippen LogP contribution in [0.25, 0.3) is 0 Å². The number of hydrogen-bond donors (Lipinski definition) is 2. The molecule has 0 amide bonds. The summed E-state index contributed by atoms with van der Waals surface area (Å²) in [5.41, 5.74) is -0.259. The normalized spacial score (nSPS) is 21.6. The van der Waals surface area contributed by atoms with Gasteiger partial charge in [0.15, 0.2) is 5.60 Å². The molecule has 0 spiro atoms. The van der Waals surface area contributed by atoms with Gasteiger partial charge in [-0.25, -0.2) is 4.68 Å². The summed E-state index contributed by atoms with van der Waals surface area (Å²) >= 11 is 0. The molecule has 0 saturated heterocycles. The average Bonchev–Trinajstić information content (AvgIpc) is 3.58. The molecule has 4 rings (SSSR count). The summed E-state index contributed by atoms with van der Waals surface area (Å²) in [6.07, 6.45) is 1.12. The summed E-state index contributed by atoms with van der Waals surface area (Å²) in [4.78, 5) is 12.2. The highest BCUT2D eigenvalue weighted by Crippen LogP contribution is 2.42. The first-order valence-electron chi connectivity index (χ1n) is 10.2. The number of hydrogen-bond acceptors (Lipinski definition) is 8. The maximum absolute atomic E-state index is 12.2. The molecule has 9 nitrogen and oxygen atoms in total. The third-order valence-electron chi connectivity index (χ3n) is 5.72. The molecule has 9 heteroatoms. The fraction of sp³-hybridized carbons (Fsp3) is 0.500. The second-order valence-corrected chi connectivity index (χ2v) is 8.15. The van der Waals surface area contributed by atoms with E-state index in [1.54, 1.807) is 24.3 Å². The zero-order valence-electron chi connectivity index (χ0n) is 17.6. The highest BCUT2D eigenvalue weighted by Gasteiger charge is 2.50. The summed E-state index contributed by atoms with van der Waals surface area (Å²) in [5, 5.41) is 28.4. The van der Waals surface area contributed by atoms with E-state index in [1.807, 2.05) is 0 Å². The van der Waals surface area contributed by atoms with Gasteiger partial charge in [0, 0.05) is 32.4 Å². The van der Waals surface area contributed by atoms with Crippen molar-refractivity contribution in [2.45, 2.75) is 37.1 Å². The van der Waals surface area contributed by atoms with Crippen LogP contribution in [0.2, 0.25) is 0 Å². The Labute approximate surface area is 180 Å². The highest BCUT2D eigenvalue weighted by molar-refractivity contribution is 5.50. The van der Waals surface area contributed by atoms with Crippen LogP contribution in [-0.2, 0) is 16.0 Å². The minimum Gasteiger partial charge on any atom is -0.479 e. The van der Waals surface area contributed by atoms with Gasteiger partial charge in [-0.2, -0.15) is 10.4 Å². The van der Waals surface area contributed by atoms with Crippen molar-refractivity contribution in [1.29, 1.82) is 5.26 Å². The van der Waals surface area contributed by atoms with Crippen molar-refractivity contribution in [3.8, 4) is 11.8 Å². The Bertz CT molecular complexity index is 1040. The number of nitriles is 1. The zero-order valence-corrected chi connectivity index (χ0v) is 17.6. The Morgan fingerprint density at radius 3 is 2.68 bits per heavy atom. The molecule has 0 radical (unpaired) electrons. The van der Waals surface area contributed by atoms with Crippen LogP contribution in [0.1, 0.15) is 30.0 Å². The van der Waals surface area contributed by atoms with Gasteiger partial charge in [-0.1, -0.05) is 0 Å². The van der Waals surface area contributed by atoms with Crippen molar-refractivity contribution in [1.82, 2.24) is 9.78 Å². The lowest BCUT2D eigenvalue weighted by atomic mass is 9.84. The Balaban J connectivity index is 1.73. The van der Waals surface area contributed by atoms with Gasteiger partial charge < -0.3 is 24.6 Å². The van der Waals surface area contributed by atoms with Gasteiger partial charge in [0.05, 0.1) is 30.9 Å². The van der Waals surface area contributed by atoms with E-state index < -0.39 is 17.7 Å². The molecule has 1 aromatic heterocycles. The molecule has 2 aromatic rings. The fourth-order valence-corrected chi connectivity index (χ4v) is 3.98. The Morgan fingerprint density at radius 1 is 1.29 bits per heavy atom. The first-order chi connectivity index (χ1) is 15.0. The van der Waals surface area contributed by atoms with E-state index in [0.29, 0.717) is 35.2 Å². The number of aliphatic hydroxyl groups excluding tert-OH is 1. The third-order valence-corrected chi connectivity index (χ3v) is 5.72. The summed E-state index contributed by atoms with van der Waals surface area (Å²) in [5.74, 6) is 1.45. The monoisotopic (exact) mass is 426 g/mol. The van der Waals surface area contributed by atoms with E-state index in [2.05, 4.69) is 16.5 Å². The van der Waals surface area contributed by atoms with Crippen LogP contribution in [0.3, 0.4) is 0 Å². The lowest BCUT2D eigenvalue weighted by Crippen LogP contribution is -2.60. The average molecular weight is 426 g/mol. The molecule has 31 heavy (non-hydrogen) atoms. The third kappa shape index (κ3) is 4.28. The Hall–Kier alpha value is -2.93. The number of fused-ring (bicyclic) bond motifs is 1. The van der Waals surface area contributed by atoms with Crippen molar-refractivity contribution < 1.29 is 19.3 Å². The second kappa shape index (κ2) is 8.67. The zero-order chi connectivity index (χ0) is 22.0. The number of benzene rings is 1. The van der Waals surface area contributed by atoms with Gasteiger partial charge in [-0.15, -0.1) is 0 Å². The van der Waals surface area contributed by atoms with Crippen molar-refractivity contribution in [3.63, 3.8) is 0 Å². The van der Waals surface area contributed by atoms with Crippen molar-refractivity contribution >= 4 is 5.82 Å². The SMILES string of the molecule is COCC1(COC)Oc2ccc(C#N)cc2[C@@H](Nc2ccc(=O)n(CC3CC3)n2)[C@@H]1O. The lowest BCUT2D eigenvalue weighted by molar-refractivity contribution is -0.142. The number of methoxy groups -OCH3 is 2. The summed E-state index contributed by atoms with van der Waals surface area (Å²) in [6, 6.07) is 9.55. The minimum atomic E-state index is -1.16. The van der Waals surface area contributed by atoms with E-state index in [0.717, 1.165) is 12.8 Å². The number of nitrogens with one attached hydrogen (secondary N) is 1. The smallest absolute Gasteiger partial charge is 0.266 e. The predicted octanol–water partition coefficient (Wildman–Crippen LogP) is 1.46. The van der Waals surface area contributed by atoms with E-state index in [4.69, 9.17) is 14.2 Å². The molecule has 2 aliphatic rings. The molecular weight excluding hydrogens is 400 g/mol. The van der Waals surface area contributed by atoms with Crippen molar-refractivity contribution in [2.24, 2.45) is 5.92 Å². The van der Waals surface area contributed by atoms with E-state index in [1.165, 1.54) is 25.0 Å². The van der Waals surface area contributed by atoms with E-state index >= 15 is 0 Å². The van der Waals surface area contributed by atoms with Crippen LogP contribution in [0.5, 0.6) is 5.75 Å². The topological polar surface area (TPSA) is 119 Å². The molecule has 1 aromatic carbocycles. The Kier molecular flexibility index (Phi) is 5.96. The maximum Gasteiger partial charge on any atom is 0.266 e. The molecule has 0 bridgehead atoms. The van der Waals surface area contributed by atoms with E-state index in [-0.39, 0.29) is 18.8 Å². The van der Waals surface area contributed by atoms with Crippen LogP contribution in [0.15, 0.2) is 35.1 Å². The summed E-state index contributed by atoms with van der Waals surface area (Å²) < 4.78 is 18.3. The predicted molar refractivity (Wildman–Crippen MR) is 112 cm³/mol. The molecule has 2 heterocycles. The molecule has 1 saturated carbocycles. The Morgan fingerprint density at radius 2 is 2.03 bits per heavy atom. The van der Waals surface area contributed by atoms with Gasteiger partial charge in [0.25, 0.3) is 5.56 Å². The quantitative estimate of drug-likeness (QED) is 0.651. The largest absolute Gasteiger partial charge is 0.479 e.